The van der Waals surface area contributed by atoms with Gasteiger partial charge in [-0.2, -0.15) is 0 Å². The van der Waals surface area contributed by atoms with Gasteiger partial charge in [0.1, 0.15) is 17.7 Å². The second-order valence-electron chi connectivity index (χ2n) is 4.05. The molecule has 2 aromatic carbocycles. The molecule has 19 heavy (non-hydrogen) atoms. The van der Waals surface area contributed by atoms with Crippen LogP contribution in [-0.2, 0) is 0 Å². The van der Waals surface area contributed by atoms with Crippen LogP contribution in [0.4, 0.5) is 4.39 Å². The third-order valence-electron chi connectivity index (χ3n) is 2.76. The van der Waals surface area contributed by atoms with Crippen LogP contribution in [0.25, 0.3) is 0 Å². The first-order chi connectivity index (χ1) is 9.13. The highest BCUT2D eigenvalue weighted by atomic mass is 35.5. The van der Waals surface area contributed by atoms with Gasteiger partial charge < -0.3 is 9.84 Å². The van der Waals surface area contributed by atoms with Crippen molar-refractivity contribution in [2.24, 2.45) is 0 Å². The van der Waals surface area contributed by atoms with Crippen molar-refractivity contribution in [1.29, 1.82) is 0 Å². The number of aliphatic hydroxyl groups is 1. The molecule has 0 spiro atoms. The number of benzene rings is 2. The molecule has 2 rings (SSSR count). The molecule has 0 radical (unpaired) electrons. The van der Waals surface area contributed by atoms with Crippen molar-refractivity contribution in [3.63, 3.8) is 0 Å². The second kappa shape index (κ2) is 6.04. The van der Waals surface area contributed by atoms with E-state index in [1.165, 1.54) is 12.1 Å². The fraction of sp³-hybridized carbons (Fsp3) is 0.200. The summed E-state index contributed by atoms with van der Waals surface area (Å²) in [4.78, 5) is 0. The van der Waals surface area contributed by atoms with Gasteiger partial charge in [-0.25, -0.2) is 4.39 Å². The van der Waals surface area contributed by atoms with E-state index in [2.05, 4.69) is 0 Å². The molecule has 0 aromatic heterocycles. The molecule has 0 aliphatic carbocycles. The Kier molecular flexibility index (Phi) is 4.40. The number of hydrogen-bond acceptors (Lipinski definition) is 2. The predicted octanol–water partition coefficient (Wildman–Crippen LogP) is 3.96. The average molecular weight is 281 g/mol. The monoisotopic (exact) mass is 280 g/mol. The van der Waals surface area contributed by atoms with E-state index in [1.54, 1.807) is 30.3 Å². The van der Waals surface area contributed by atoms with Crippen LogP contribution in [0.3, 0.4) is 0 Å². The lowest BCUT2D eigenvalue weighted by Crippen LogP contribution is -2.02. The summed E-state index contributed by atoms with van der Waals surface area (Å²) in [5.41, 5.74) is 0.953. The molecule has 0 fully saturated rings. The first-order valence-corrected chi connectivity index (χ1v) is 6.36. The van der Waals surface area contributed by atoms with E-state index >= 15 is 0 Å². The normalized spacial score (nSPS) is 12.2. The molecule has 0 heterocycles. The van der Waals surface area contributed by atoms with Crippen LogP contribution in [0.15, 0.2) is 42.5 Å². The van der Waals surface area contributed by atoms with Gasteiger partial charge in [-0.15, -0.1) is 0 Å². The molecule has 0 saturated carbocycles. The Labute approximate surface area is 116 Å². The number of rotatable bonds is 4. The van der Waals surface area contributed by atoms with Gasteiger partial charge in [-0.3, -0.25) is 0 Å². The van der Waals surface area contributed by atoms with Crippen molar-refractivity contribution in [2.75, 3.05) is 6.61 Å². The average Bonchev–Trinajstić information content (AvgIpc) is 2.42. The first-order valence-electron chi connectivity index (χ1n) is 5.98. The van der Waals surface area contributed by atoms with E-state index < -0.39 is 11.9 Å². The van der Waals surface area contributed by atoms with Crippen molar-refractivity contribution in [2.45, 2.75) is 13.0 Å². The highest BCUT2D eigenvalue weighted by molar-refractivity contribution is 6.31. The summed E-state index contributed by atoms with van der Waals surface area (Å²) in [5, 5.41) is 10.2. The van der Waals surface area contributed by atoms with E-state index in [4.69, 9.17) is 16.3 Å². The summed E-state index contributed by atoms with van der Waals surface area (Å²) in [6.45, 7) is 2.42. The van der Waals surface area contributed by atoms with Crippen LogP contribution < -0.4 is 4.74 Å². The standard InChI is InChI=1S/C15H14ClFO2/c1-2-19-11-6-3-5-10(9-11)15(18)12-7-4-8-13(17)14(12)16/h3-9,15,18H,2H2,1H3. The van der Waals surface area contributed by atoms with Gasteiger partial charge in [-0.1, -0.05) is 35.9 Å². The van der Waals surface area contributed by atoms with Crippen molar-refractivity contribution < 1.29 is 14.2 Å². The van der Waals surface area contributed by atoms with E-state index in [1.807, 2.05) is 6.92 Å². The van der Waals surface area contributed by atoms with Gasteiger partial charge in [-0.05, 0) is 30.7 Å². The predicted molar refractivity (Wildman–Crippen MR) is 73.1 cm³/mol. The Bertz CT molecular complexity index is 572. The van der Waals surface area contributed by atoms with Gasteiger partial charge in [0.05, 0.1) is 11.6 Å². The van der Waals surface area contributed by atoms with Gasteiger partial charge in [0.2, 0.25) is 0 Å². The summed E-state index contributed by atoms with van der Waals surface area (Å²) in [6.07, 6.45) is -0.983. The molecule has 0 aliphatic rings. The first kappa shape index (κ1) is 13.8. The quantitative estimate of drug-likeness (QED) is 0.918. The molecular weight excluding hydrogens is 267 g/mol. The lowest BCUT2D eigenvalue weighted by atomic mass is 10.0. The minimum absolute atomic E-state index is 0.0585. The van der Waals surface area contributed by atoms with E-state index in [-0.39, 0.29) is 5.02 Å². The van der Waals surface area contributed by atoms with Crippen molar-refractivity contribution in [3.05, 3.63) is 64.4 Å². The zero-order valence-electron chi connectivity index (χ0n) is 10.4. The molecule has 1 unspecified atom stereocenters. The van der Waals surface area contributed by atoms with Gasteiger partial charge >= 0.3 is 0 Å². The van der Waals surface area contributed by atoms with Gasteiger partial charge in [0.15, 0.2) is 0 Å². The van der Waals surface area contributed by atoms with Crippen molar-refractivity contribution in [3.8, 4) is 5.75 Å². The Morgan fingerprint density at radius 3 is 2.74 bits per heavy atom. The van der Waals surface area contributed by atoms with Crippen LogP contribution in [0.1, 0.15) is 24.2 Å². The van der Waals surface area contributed by atoms with Gasteiger partial charge in [0.25, 0.3) is 0 Å². The van der Waals surface area contributed by atoms with Crippen LogP contribution >= 0.6 is 11.6 Å². The molecule has 2 aromatic rings. The summed E-state index contributed by atoms with van der Waals surface area (Å²) in [5.74, 6) is 0.116. The minimum atomic E-state index is -0.983. The number of halogens is 2. The van der Waals surface area contributed by atoms with E-state index in [0.717, 1.165) is 0 Å². The van der Waals surface area contributed by atoms with Crippen LogP contribution in [-0.4, -0.2) is 11.7 Å². The SMILES string of the molecule is CCOc1cccc(C(O)c2cccc(F)c2Cl)c1. The van der Waals surface area contributed by atoms with E-state index in [0.29, 0.717) is 23.5 Å². The van der Waals surface area contributed by atoms with Crippen LogP contribution in [0, 0.1) is 5.82 Å². The smallest absolute Gasteiger partial charge is 0.142 e. The molecule has 2 nitrogen and oxygen atoms in total. The maximum absolute atomic E-state index is 13.4. The summed E-state index contributed by atoms with van der Waals surface area (Å²) < 4.78 is 18.8. The second-order valence-corrected chi connectivity index (χ2v) is 4.43. The minimum Gasteiger partial charge on any atom is -0.494 e. The molecule has 1 N–H and O–H groups in total. The fourth-order valence-corrected chi connectivity index (χ4v) is 2.08. The van der Waals surface area contributed by atoms with Crippen molar-refractivity contribution in [1.82, 2.24) is 0 Å². The van der Waals surface area contributed by atoms with E-state index in [9.17, 15) is 9.50 Å². The van der Waals surface area contributed by atoms with Crippen molar-refractivity contribution >= 4 is 11.6 Å². The van der Waals surface area contributed by atoms with Crippen LogP contribution in [0.2, 0.25) is 5.02 Å². The topological polar surface area (TPSA) is 29.5 Å². The highest BCUT2D eigenvalue weighted by Gasteiger charge is 2.16. The summed E-state index contributed by atoms with van der Waals surface area (Å²) in [7, 11) is 0. The highest BCUT2D eigenvalue weighted by Crippen LogP contribution is 2.31. The molecule has 0 amide bonds. The number of aliphatic hydroxyl groups excluding tert-OH is 1. The van der Waals surface area contributed by atoms with Crippen LogP contribution in [0.5, 0.6) is 5.75 Å². The lowest BCUT2D eigenvalue weighted by Gasteiger charge is -2.14. The Morgan fingerprint density at radius 2 is 2.00 bits per heavy atom. The number of hydrogen-bond donors (Lipinski definition) is 1. The molecular formula is C15H14ClFO2. The number of ether oxygens (including phenoxy) is 1. The van der Waals surface area contributed by atoms with Gasteiger partial charge in [0, 0.05) is 5.56 Å². The molecule has 0 bridgehead atoms. The maximum atomic E-state index is 13.4. The molecule has 4 heteroatoms. The zero-order chi connectivity index (χ0) is 13.8. The third-order valence-corrected chi connectivity index (χ3v) is 3.16. The molecule has 1 atom stereocenters. The summed E-state index contributed by atoms with van der Waals surface area (Å²) in [6, 6.07) is 11.4. The molecule has 0 saturated heterocycles. The lowest BCUT2D eigenvalue weighted by molar-refractivity contribution is 0.219. The Hall–Kier alpha value is -1.58. The third kappa shape index (κ3) is 3.06. The molecule has 0 aliphatic heterocycles. The fourth-order valence-electron chi connectivity index (χ4n) is 1.85. The summed E-state index contributed by atoms with van der Waals surface area (Å²) >= 11 is 5.87. The largest absolute Gasteiger partial charge is 0.494 e. The maximum Gasteiger partial charge on any atom is 0.142 e. The Balaban J connectivity index is 2.35. The molecule has 100 valence electrons. The Morgan fingerprint density at radius 1 is 1.26 bits per heavy atom. The zero-order valence-corrected chi connectivity index (χ0v) is 11.2.